The molecule has 0 aliphatic carbocycles. The van der Waals surface area contributed by atoms with E-state index in [0.29, 0.717) is 21.8 Å². The highest BCUT2D eigenvalue weighted by atomic mass is 35.5. The van der Waals surface area contributed by atoms with Gasteiger partial charge in [-0.3, -0.25) is 14.9 Å². The number of aromatic nitrogens is 2. The van der Waals surface area contributed by atoms with E-state index in [1.807, 2.05) is 19.1 Å². The molecule has 1 aromatic heterocycles. The number of nitrogens with zero attached hydrogens (tertiary/aromatic N) is 3. The molecular formula is C19H15ClN4O3S. The molecule has 142 valence electrons. The summed E-state index contributed by atoms with van der Waals surface area (Å²) in [5.74, 6) is -0.386. The number of amides is 1. The van der Waals surface area contributed by atoms with Gasteiger partial charge in [0.05, 0.1) is 9.96 Å². The van der Waals surface area contributed by atoms with Gasteiger partial charge in [0.15, 0.2) is 5.01 Å². The third kappa shape index (κ3) is 4.59. The molecule has 3 rings (SSSR count). The summed E-state index contributed by atoms with van der Waals surface area (Å²) in [5.41, 5.74) is 2.87. The first-order valence-corrected chi connectivity index (χ1v) is 9.37. The second-order valence-electron chi connectivity index (χ2n) is 6.03. The smallest absolute Gasteiger partial charge is 0.286 e. The lowest BCUT2D eigenvalue weighted by Gasteiger charge is -2.02. The zero-order chi connectivity index (χ0) is 20.3. The third-order valence-electron chi connectivity index (χ3n) is 3.86. The largest absolute Gasteiger partial charge is 0.320 e. The highest BCUT2D eigenvalue weighted by Crippen LogP contribution is 2.28. The van der Waals surface area contributed by atoms with Gasteiger partial charge in [0.25, 0.3) is 11.6 Å². The molecule has 7 nitrogen and oxygen atoms in total. The first kappa shape index (κ1) is 19.7. The van der Waals surface area contributed by atoms with Gasteiger partial charge in [-0.15, -0.1) is 10.2 Å². The van der Waals surface area contributed by atoms with Gasteiger partial charge in [-0.05, 0) is 37.6 Å². The van der Waals surface area contributed by atoms with Crippen molar-refractivity contribution < 1.29 is 9.72 Å². The van der Waals surface area contributed by atoms with E-state index in [0.717, 1.165) is 16.9 Å². The zero-order valence-corrected chi connectivity index (χ0v) is 16.5. The van der Waals surface area contributed by atoms with Crippen LogP contribution in [0.3, 0.4) is 0 Å². The summed E-state index contributed by atoms with van der Waals surface area (Å²) >= 11 is 7.31. The standard InChI is InChI=1S/C19H15ClN4O3S/c1-11-3-7-14(8-4-11)21-17(25)19-23-22-18(28-19)15(20)9-13-6-5-12(2)16(10-13)24(26)27/h3-10H,1-2H3,(H,21,25)/b15-9-. The molecule has 9 heteroatoms. The molecule has 0 fully saturated rings. The number of hydrogen-bond donors (Lipinski definition) is 1. The van der Waals surface area contributed by atoms with Crippen molar-refractivity contribution in [1.82, 2.24) is 10.2 Å². The summed E-state index contributed by atoms with van der Waals surface area (Å²) in [6.07, 6.45) is 1.55. The minimum absolute atomic E-state index is 0.00800. The average Bonchev–Trinajstić information content (AvgIpc) is 3.15. The van der Waals surface area contributed by atoms with Crippen molar-refractivity contribution in [1.29, 1.82) is 0 Å². The molecule has 1 heterocycles. The molecule has 0 radical (unpaired) electrons. The number of rotatable bonds is 5. The van der Waals surface area contributed by atoms with Gasteiger partial charge in [0.2, 0.25) is 5.01 Å². The van der Waals surface area contributed by atoms with Crippen LogP contribution in [0.25, 0.3) is 11.1 Å². The van der Waals surface area contributed by atoms with E-state index in [1.54, 1.807) is 37.3 Å². The van der Waals surface area contributed by atoms with E-state index < -0.39 is 4.92 Å². The molecule has 28 heavy (non-hydrogen) atoms. The molecule has 1 N–H and O–H groups in total. The maximum absolute atomic E-state index is 12.3. The van der Waals surface area contributed by atoms with Crippen molar-refractivity contribution in [3.8, 4) is 0 Å². The van der Waals surface area contributed by atoms with Crippen molar-refractivity contribution in [3.05, 3.63) is 79.3 Å². The predicted octanol–water partition coefficient (Wildman–Crippen LogP) is 5.05. The second kappa shape index (κ2) is 8.28. The van der Waals surface area contributed by atoms with Crippen LogP contribution in [0.2, 0.25) is 0 Å². The van der Waals surface area contributed by atoms with E-state index in [4.69, 9.17) is 11.6 Å². The van der Waals surface area contributed by atoms with E-state index in [2.05, 4.69) is 15.5 Å². The van der Waals surface area contributed by atoms with Gasteiger partial charge in [-0.1, -0.05) is 52.8 Å². The normalized spacial score (nSPS) is 11.3. The maximum atomic E-state index is 12.3. The Morgan fingerprint density at radius 2 is 1.82 bits per heavy atom. The van der Waals surface area contributed by atoms with Crippen LogP contribution in [0, 0.1) is 24.0 Å². The summed E-state index contributed by atoms with van der Waals surface area (Å²) in [6.45, 7) is 3.62. The van der Waals surface area contributed by atoms with Crippen LogP contribution in [0.1, 0.15) is 31.5 Å². The Labute approximate surface area is 169 Å². The summed E-state index contributed by atoms with van der Waals surface area (Å²) in [4.78, 5) is 22.9. The number of benzene rings is 2. The van der Waals surface area contributed by atoms with Gasteiger partial charge in [-0.25, -0.2) is 0 Å². The zero-order valence-electron chi connectivity index (χ0n) is 15.0. The van der Waals surface area contributed by atoms with E-state index in [9.17, 15) is 14.9 Å². The highest BCUT2D eigenvalue weighted by molar-refractivity contribution is 7.15. The Morgan fingerprint density at radius 3 is 2.50 bits per heavy atom. The van der Waals surface area contributed by atoms with Gasteiger partial charge in [0, 0.05) is 17.3 Å². The van der Waals surface area contributed by atoms with Crippen molar-refractivity contribution in [3.63, 3.8) is 0 Å². The lowest BCUT2D eigenvalue weighted by atomic mass is 10.1. The van der Waals surface area contributed by atoms with Crippen LogP contribution in [-0.4, -0.2) is 21.0 Å². The lowest BCUT2D eigenvalue weighted by Crippen LogP contribution is -2.11. The van der Waals surface area contributed by atoms with Crippen LogP contribution in [0.5, 0.6) is 0 Å². The van der Waals surface area contributed by atoms with Gasteiger partial charge in [-0.2, -0.15) is 0 Å². The maximum Gasteiger partial charge on any atom is 0.286 e. The Bertz CT molecular complexity index is 1080. The number of halogens is 1. The minimum Gasteiger partial charge on any atom is -0.320 e. The number of nitrogens with one attached hydrogen (secondary N) is 1. The number of carbonyl (C=O) groups is 1. The fourth-order valence-electron chi connectivity index (χ4n) is 2.35. The van der Waals surface area contributed by atoms with Gasteiger partial charge in [0.1, 0.15) is 0 Å². The van der Waals surface area contributed by atoms with E-state index >= 15 is 0 Å². The molecule has 0 saturated carbocycles. The Kier molecular flexibility index (Phi) is 5.81. The number of anilines is 1. The molecule has 0 spiro atoms. The number of nitro benzene ring substituents is 1. The van der Waals surface area contributed by atoms with Crippen molar-refractivity contribution >= 4 is 51.3 Å². The Balaban J connectivity index is 1.78. The first-order chi connectivity index (χ1) is 13.3. The Morgan fingerprint density at radius 1 is 1.14 bits per heavy atom. The molecule has 3 aromatic rings. The van der Waals surface area contributed by atoms with Crippen molar-refractivity contribution in [2.75, 3.05) is 5.32 Å². The number of nitro groups is 1. The lowest BCUT2D eigenvalue weighted by molar-refractivity contribution is -0.385. The first-order valence-electron chi connectivity index (χ1n) is 8.17. The molecule has 0 saturated heterocycles. The molecule has 2 aromatic carbocycles. The molecule has 0 bridgehead atoms. The number of hydrogen-bond acceptors (Lipinski definition) is 6. The fraction of sp³-hybridized carbons (Fsp3) is 0.105. The van der Waals surface area contributed by atoms with E-state index in [1.165, 1.54) is 6.07 Å². The van der Waals surface area contributed by atoms with Crippen molar-refractivity contribution in [2.24, 2.45) is 0 Å². The second-order valence-corrected chi connectivity index (χ2v) is 7.41. The molecule has 0 aliphatic rings. The summed E-state index contributed by atoms with van der Waals surface area (Å²) in [6, 6.07) is 12.2. The van der Waals surface area contributed by atoms with Crippen LogP contribution < -0.4 is 5.32 Å². The van der Waals surface area contributed by atoms with Gasteiger partial charge >= 0.3 is 0 Å². The average molecular weight is 415 g/mol. The van der Waals surface area contributed by atoms with Crippen LogP contribution >= 0.6 is 22.9 Å². The Hall–Kier alpha value is -3.10. The predicted molar refractivity (Wildman–Crippen MR) is 111 cm³/mol. The van der Waals surface area contributed by atoms with Crippen LogP contribution in [0.15, 0.2) is 42.5 Å². The highest BCUT2D eigenvalue weighted by Gasteiger charge is 2.16. The quantitative estimate of drug-likeness (QED) is 0.465. The van der Waals surface area contributed by atoms with Crippen LogP contribution in [-0.2, 0) is 0 Å². The molecular weight excluding hydrogens is 400 g/mol. The molecule has 0 aliphatic heterocycles. The topological polar surface area (TPSA) is 98.0 Å². The molecule has 0 atom stereocenters. The summed E-state index contributed by atoms with van der Waals surface area (Å²) in [7, 11) is 0. The SMILES string of the molecule is Cc1ccc(NC(=O)c2nnc(/C(Cl)=C/c3ccc(C)c([N+](=O)[O-])c3)s2)cc1. The van der Waals surface area contributed by atoms with Crippen molar-refractivity contribution in [2.45, 2.75) is 13.8 Å². The van der Waals surface area contributed by atoms with Gasteiger partial charge < -0.3 is 5.32 Å². The summed E-state index contributed by atoms with van der Waals surface area (Å²) in [5, 5.41) is 22.4. The minimum atomic E-state index is -0.445. The molecule has 0 unspecified atom stereocenters. The number of carbonyl (C=O) groups excluding carboxylic acids is 1. The molecule has 1 amide bonds. The van der Waals surface area contributed by atoms with Crippen LogP contribution in [0.4, 0.5) is 11.4 Å². The third-order valence-corrected chi connectivity index (χ3v) is 5.21. The number of aryl methyl sites for hydroxylation is 2. The monoisotopic (exact) mass is 414 g/mol. The summed E-state index contributed by atoms with van der Waals surface area (Å²) < 4.78 is 0. The van der Waals surface area contributed by atoms with E-state index in [-0.39, 0.29) is 21.6 Å². The fourth-order valence-corrected chi connectivity index (χ4v) is 3.28.